The fourth-order valence-electron chi connectivity index (χ4n) is 3.65. The van der Waals surface area contributed by atoms with Gasteiger partial charge in [0.05, 0.1) is 22.5 Å². The lowest BCUT2D eigenvalue weighted by molar-refractivity contribution is 0.102. The summed E-state index contributed by atoms with van der Waals surface area (Å²) in [5.41, 5.74) is 2.91. The highest BCUT2D eigenvalue weighted by Crippen LogP contribution is 2.29. The van der Waals surface area contributed by atoms with E-state index in [2.05, 4.69) is 40.5 Å². The molecule has 0 aliphatic heterocycles. The zero-order valence-electron chi connectivity index (χ0n) is 16.7. The summed E-state index contributed by atoms with van der Waals surface area (Å²) < 4.78 is 0. The molecule has 4 aromatic rings. The number of nitrogens with zero attached hydrogens (tertiary/aromatic N) is 2. The molecule has 0 fully saturated rings. The smallest absolute Gasteiger partial charge is 0.257 e. The van der Waals surface area contributed by atoms with Crippen LogP contribution in [0.3, 0.4) is 0 Å². The van der Waals surface area contributed by atoms with E-state index in [1.165, 1.54) is 0 Å². The molecule has 30 heavy (non-hydrogen) atoms. The van der Waals surface area contributed by atoms with Gasteiger partial charge in [-0.25, -0.2) is 0 Å². The van der Waals surface area contributed by atoms with Gasteiger partial charge in [0.15, 0.2) is 0 Å². The minimum Gasteiger partial charge on any atom is -0.363 e. The van der Waals surface area contributed by atoms with Crippen molar-refractivity contribution in [1.82, 2.24) is 4.98 Å². The Labute approximate surface area is 176 Å². The molecular weight excluding hydrogens is 370 g/mol. The molecule has 1 aromatic heterocycles. The van der Waals surface area contributed by atoms with Crippen LogP contribution in [0.1, 0.15) is 10.4 Å². The summed E-state index contributed by atoms with van der Waals surface area (Å²) in [6, 6.07) is 21.7. The quantitative estimate of drug-likeness (QED) is 0.403. The Hall–Kier alpha value is -3.92. The van der Waals surface area contributed by atoms with E-state index in [4.69, 9.17) is 0 Å². The molecule has 4 rings (SSSR count). The van der Waals surface area contributed by atoms with Gasteiger partial charge in [-0.1, -0.05) is 54.6 Å². The van der Waals surface area contributed by atoms with Gasteiger partial charge in [-0.05, 0) is 35.0 Å². The van der Waals surface area contributed by atoms with Crippen LogP contribution < -0.4 is 10.2 Å². The van der Waals surface area contributed by atoms with E-state index in [0.29, 0.717) is 24.3 Å². The lowest BCUT2D eigenvalue weighted by atomic mass is 10.0. The second kappa shape index (κ2) is 8.62. The van der Waals surface area contributed by atoms with Crippen molar-refractivity contribution in [2.24, 2.45) is 0 Å². The Kier molecular flexibility index (Phi) is 5.57. The maximum Gasteiger partial charge on any atom is 0.257 e. The number of amides is 1. The molecule has 0 aliphatic carbocycles. The fraction of sp³-hybridized carbons (Fsp3) is 0.0769. The van der Waals surface area contributed by atoms with Crippen LogP contribution in [0.4, 0.5) is 11.4 Å². The van der Waals surface area contributed by atoms with Gasteiger partial charge in [-0.15, -0.1) is 13.2 Å². The van der Waals surface area contributed by atoms with Crippen molar-refractivity contribution < 1.29 is 4.79 Å². The van der Waals surface area contributed by atoms with Crippen molar-refractivity contribution >= 4 is 39.0 Å². The first-order valence-corrected chi connectivity index (χ1v) is 9.86. The summed E-state index contributed by atoms with van der Waals surface area (Å²) in [5, 5.41) is 6.14. The third kappa shape index (κ3) is 3.80. The molecule has 1 amide bonds. The van der Waals surface area contributed by atoms with Crippen LogP contribution in [0.5, 0.6) is 0 Å². The number of aromatic nitrogens is 1. The van der Waals surface area contributed by atoms with E-state index in [1.54, 1.807) is 6.20 Å². The number of carbonyl (C=O) groups excluding carboxylic acids is 1. The molecule has 0 unspecified atom stereocenters. The first-order valence-electron chi connectivity index (χ1n) is 9.86. The van der Waals surface area contributed by atoms with Gasteiger partial charge in [0, 0.05) is 24.7 Å². The third-order valence-electron chi connectivity index (χ3n) is 5.03. The number of rotatable bonds is 7. The first-order chi connectivity index (χ1) is 14.7. The molecule has 0 radical (unpaired) electrons. The predicted molar refractivity (Wildman–Crippen MR) is 126 cm³/mol. The van der Waals surface area contributed by atoms with E-state index >= 15 is 0 Å². The second-order valence-corrected chi connectivity index (χ2v) is 7.03. The molecule has 148 valence electrons. The number of anilines is 2. The molecule has 0 spiro atoms. The first kappa shape index (κ1) is 19.4. The summed E-state index contributed by atoms with van der Waals surface area (Å²) in [6.07, 6.45) is 5.39. The van der Waals surface area contributed by atoms with Gasteiger partial charge >= 0.3 is 0 Å². The lowest BCUT2D eigenvalue weighted by Gasteiger charge is -2.25. The fourth-order valence-corrected chi connectivity index (χ4v) is 3.65. The van der Waals surface area contributed by atoms with Gasteiger partial charge < -0.3 is 10.2 Å². The van der Waals surface area contributed by atoms with Crippen LogP contribution in [0, 0.1) is 0 Å². The van der Waals surface area contributed by atoms with Gasteiger partial charge in [-0.2, -0.15) is 0 Å². The number of benzene rings is 3. The highest BCUT2D eigenvalue weighted by Gasteiger charge is 2.18. The minimum atomic E-state index is -0.174. The molecule has 1 N–H and O–H groups in total. The van der Waals surface area contributed by atoms with Crippen LogP contribution in [0.25, 0.3) is 21.7 Å². The van der Waals surface area contributed by atoms with Crippen molar-refractivity contribution in [3.8, 4) is 0 Å². The number of hydrogen-bond donors (Lipinski definition) is 1. The molecule has 4 nitrogen and oxygen atoms in total. The van der Waals surface area contributed by atoms with Gasteiger partial charge in [0.1, 0.15) is 0 Å². The molecule has 0 saturated carbocycles. The molecular formula is C26H23N3O. The Morgan fingerprint density at radius 1 is 0.900 bits per heavy atom. The summed E-state index contributed by atoms with van der Waals surface area (Å²) >= 11 is 0. The number of fused-ring (bicyclic) bond motifs is 2. The number of pyridine rings is 1. The number of para-hydroxylation sites is 1. The largest absolute Gasteiger partial charge is 0.363 e. The van der Waals surface area contributed by atoms with Crippen LogP contribution in [0.15, 0.2) is 98.2 Å². The average Bonchev–Trinajstić information content (AvgIpc) is 2.78. The number of carbonyl (C=O) groups is 1. The minimum absolute atomic E-state index is 0.174. The number of hydrogen-bond acceptors (Lipinski definition) is 3. The molecule has 1 heterocycles. The standard InChI is InChI=1S/C26H23N3O/c1-3-15-29(16-4-2)24-18-21-10-6-5-9-20(21)17-22(24)26(30)28-23-13-7-11-19-12-8-14-27-25(19)23/h3-14,17-18H,1-2,15-16H2,(H,28,30). The van der Waals surface area contributed by atoms with E-state index in [1.807, 2.05) is 66.7 Å². The molecule has 0 bridgehead atoms. The summed E-state index contributed by atoms with van der Waals surface area (Å²) in [4.78, 5) is 19.9. The third-order valence-corrected chi connectivity index (χ3v) is 5.03. The zero-order chi connectivity index (χ0) is 20.9. The molecule has 0 aliphatic rings. The summed E-state index contributed by atoms with van der Waals surface area (Å²) in [5.74, 6) is -0.174. The van der Waals surface area contributed by atoms with E-state index in [0.717, 1.165) is 27.4 Å². The van der Waals surface area contributed by atoms with Crippen molar-refractivity contribution in [3.63, 3.8) is 0 Å². The van der Waals surface area contributed by atoms with Crippen molar-refractivity contribution in [2.75, 3.05) is 23.3 Å². The Morgan fingerprint density at radius 3 is 2.30 bits per heavy atom. The van der Waals surface area contributed by atoms with E-state index in [9.17, 15) is 4.79 Å². The highest BCUT2D eigenvalue weighted by atomic mass is 16.1. The van der Waals surface area contributed by atoms with Gasteiger partial charge in [0.2, 0.25) is 0 Å². The Balaban J connectivity index is 1.81. The topological polar surface area (TPSA) is 45.2 Å². The second-order valence-electron chi connectivity index (χ2n) is 7.03. The van der Waals surface area contributed by atoms with Crippen LogP contribution in [-0.4, -0.2) is 24.0 Å². The summed E-state index contributed by atoms with van der Waals surface area (Å²) in [6.45, 7) is 8.95. The van der Waals surface area contributed by atoms with Crippen molar-refractivity contribution in [2.45, 2.75) is 0 Å². The Bertz CT molecular complexity index is 1230. The van der Waals surface area contributed by atoms with Gasteiger partial charge in [0.25, 0.3) is 5.91 Å². The predicted octanol–water partition coefficient (Wildman–Crippen LogP) is 5.82. The molecule has 3 aromatic carbocycles. The van der Waals surface area contributed by atoms with Crippen molar-refractivity contribution in [1.29, 1.82) is 0 Å². The van der Waals surface area contributed by atoms with Crippen LogP contribution >= 0.6 is 0 Å². The van der Waals surface area contributed by atoms with Gasteiger partial charge in [-0.3, -0.25) is 9.78 Å². The van der Waals surface area contributed by atoms with E-state index < -0.39 is 0 Å². The van der Waals surface area contributed by atoms with Crippen LogP contribution in [0.2, 0.25) is 0 Å². The normalized spacial score (nSPS) is 10.7. The zero-order valence-corrected chi connectivity index (χ0v) is 16.7. The highest BCUT2D eigenvalue weighted by molar-refractivity contribution is 6.13. The maximum absolute atomic E-state index is 13.4. The summed E-state index contributed by atoms with van der Waals surface area (Å²) in [7, 11) is 0. The van der Waals surface area contributed by atoms with Crippen LogP contribution in [-0.2, 0) is 0 Å². The SMILES string of the molecule is C=CCN(CC=C)c1cc2ccccc2cc1C(=O)Nc1cccc2cccnc12. The monoisotopic (exact) mass is 393 g/mol. The average molecular weight is 393 g/mol. The molecule has 0 saturated heterocycles. The van der Waals surface area contributed by atoms with Crippen molar-refractivity contribution in [3.05, 3.63) is 104 Å². The molecule has 4 heteroatoms. The maximum atomic E-state index is 13.4. The van der Waals surface area contributed by atoms with E-state index in [-0.39, 0.29) is 5.91 Å². The molecule has 0 atom stereocenters. The lowest BCUT2D eigenvalue weighted by Crippen LogP contribution is -2.26. The number of nitrogens with one attached hydrogen (secondary N) is 1. The Morgan fingerprint density at radius 2 is 1.57 bits per heavy atom.